The lowest BCUT2D eigenvalue weighted by Crippen LogP contribution is -2.57. The molecule has 0 atom stereocenters. The van der Waals surface area contributed by atoms with Gasteiger partial charge in [0.2, 0.25) is 0 Å². The second-order valence-corrected chi connectivity index (χ2v) is 3.69. The second-order valence-electron chi connectivity index (χ2n) is 3.69. The molecule has 1 aromatic heterocycles. The fourth-order valence-corrected chi connectivity index (χ4v) is 1.63. The lowest BCUT2D eigenvalue weighted by atomic mass is 10.1. The van der Waals surface area contributed by atoms with Crippen LogP contribution in [-0.2, 0) is 11.3 Å². The molecule has 5 heteroatoms. The molecule has 15 heavy (non-hydrogen) atoms. The Balaban J connectivity index is 2.00. The van der Waals surface area contributed by atoms with Crippen molar-refractivity contribution in [3.63, 3.8) is 0 Å². The van der Waals surface area contributed by atoms with Gasteiger partial charge >= 0.3 is 0 Å². The molecule has 1 fully saturated rings. The van der Waals surface area contributed by atoms with Crippen LogP contribution < -0.4 is 10.2 Å². The highest BCUT2D eigenvalue weighted by Crippen LogP contribution is 2.18. The number of anilines is 1. The number of nitrogens with one attached hydrogen (secondary N) is 1. The molecule has 0 spiro atoms. The Kier molecular flexibility index (Phi) is 3.13. The van der Waals surface area contributed by atoms with Crippen LogP contribution in [0.3, 0.4) is 0 Å². The molecule has 2 heterocycles. The van der Waals surface area contributed by atoms with E-state index in [1.165, 1.54) is 0 Å². The van der Waals surface area contributed by atoms with Crippen LogP contribution in [-0.4, -0.2) is 43.3 Å². The molecule has 2 rings (SSSR count). The van der Waals surface area contributed by atoms with E-state index < -0.39 is 0 Å². The second kappa shape index (κ2) is 4.55. The summed E-state index contributed by atoms with van der Waals surface area (Å²) in [6.45, 7) is 2.57. The van der Waals surface area contributed by atoms with E-state index in [0.717, 1.165) is 24.6 Å². The van der Waals surface area contributed by atoms with Gasteiger partial charge in [-0.3, -0.25) is 0 Å². The number of aromatic nitrogens is 2. The highest BCUT2D eigenvalue weighted by molar-refractivity contribution is 5.42. The van der Waals surface area contributed by atoms with Crippen LogP contribution >= 0.6 is 0 Å². The van der Waals surface area contributed by atoms with Gasteiger partial charge in [0.05, 0.1) is 12.3 Å². The normalized spacial score (nSPS) is 16.5. The van der Waals surface area contributed by atoms with E-state index >= 15 is 0 Å². The van der Waals surface area contributed by atoms with Crippen LogP contribution in [0.25, 0.3) is 0 Å². The first-order valence-electron chi connectivity index (χ1n) is 5.05. The van der Waals surface area contributed by atoms with Crippen molar-refractivity contribution in [2.75, 3.05) is 32.1 Å². The molecule has 0 aliphatic carbocycles. The van der Waals surface area contributed by atoms with E-state index in [1.807, 2.05) is 13.1 Å². The van der Waals surface area contributed by atoms with E-state index in [0.29, 0.717) is 12.6 Å². The first-order chi connectivity index (χ1) is 7.33. The van der Waals surface area contributed by atoms with Crippen molar-refractivity contribution < 1.29 is 4.74 Å². The number of nitrogens with zero attached hydrogens (tertiary/aromatic N) is 3. The lowest BCUT2D eigenvalue weighted by Gasteiger charge is -2.39. The molecule has 0 aromatic carbocycles. The maximum atomic E-state index is 5.04. The predicted molar refractivity (Wildman–Crippen MR) is 57.8 cm³/mol. The Morgan fingerprint density at radius 2 is 2.33 bits per heavy atom. The fraction of sp³-hybridized carbons (Fsp3) is 0.600. The number of hydrogen-bond acceptors (Lipinski definition) is 5. The maximum absolute atomic E-state index is 5.04. The Morgan fingerprint density at radius 1 is 1.53 bits per heavy atom. The molecular weight excluding hydrogens is 192 g/mol. The van der Waals surface area contributed by atoms with Gasteiger partial charge in [0.25, 0.3) is 0 Å². The van der Waals surface area contributed by atoms with Crippen molar-refractivity contribution in [3.8, 4) is 0 Å². The first-order valence-corrected chi connectivity index (χ1v) is 5.05. The Hall–Kier alpha value is -1.20. The third-order valence-corrected chi connectivity index (χ3v) is 2.62. The molecule has 0 amide bonds. The van der Waals surface area contributed by atoms with E-state index in [4.69, 9.17) is 4.74 Å². The summed E-state index contributed by atoms with van der Waals surface area (Å²) >= 11 is 0. The highest BCUT2D eigenvalue weighted by Gasteiger charge is 2.26. The summed E-state index contributed by atoms with van der Waals surface area (Å²) in [6.07, 6.45) is 1.59. The molecule has 5 nitrogen and oxygen atoms in total. The van der Waals surface area contributed by atoms with Crippen molar-refractivity contribution >= 4 is 5.82 Å². The van der Waals surface area contributed by atoms with Gasteiger partial charge < -0.3 is 15.0 Å². The zero-order valence-electron chi connectivity index (χ0n) is 9.10. The van der Waals surface area contributed by atoms with Gasteiger partial charge in [0, 0.05) is 32.3 Å². The molecule has 1 N–H and O–H groups in total. The van der Waals surface area contributed by atoms with Gasteiger partial charge in [0.1, 0.15) is 12.1 Å². The van der Waals surface area contributed by atoms with Crippen LogP contribution in [0.2, 0.25) is 0 Å². The zero-order chi connectivity index (χ0) is 10.7. The van der Waals surface area contributed by atoms with Gasteiger partial charge in [-0.2, -0.15) is 0 Å². The molecule has 0 bridgehead atoms. The van der Waals surface area contributed by atoms with Gasteiger partial charge in [-0.1, -0.05) is 0 Å². The molecule has 1 saturated heterocycles. The average Bonchev–Trinajstić information content (AvgIpc) is 2.17. The molecule has 1 aromatic rings. The quantitative estimate of drug-likeness (QED) is 0.756. The van der Waals surface area contributed by atoms with Crippen LogP contribution in [0.1, 0.15) is 5.69 Å². The van der Waals surface area contributed by atoms with E-state index in [9.17, 15) is 0 Å². The van der Waals surface area contributed by atoms with Gasteiger partial charge in [-0.05, 0) is 7.05 Å². The molecule has 0 unspecified atom stereocenters. The summed E-state index contributed by atoms with van der Waals surface area (Å²) in [6, 6.07) is 2.57. The average molecular weight is 208 g/mol. The number of ether oxygens (including phenoxy) is 1. The Labute approximate surface area is 89.5 Å². The largest absolute Gasteiger partial charge is 0.378 e. The minimum Gasteiger partial charge on any atom is -0.378 e. The monoisotopic (exact) mass is 208 g/mol. The van der Waals surface area contributed by atoms with Crippen LogP contribution in [0.4, 0.5) is 5.82 Å². The molecule has 82 valence electrons. The van der Waals surface area contributed by atoms with Crippen molar-refractivity contribution in [1.29, 1.82) is 0 Å². The minimum absolute atomic E-state index is 0.540. The topological polar surface area (TPSA) is 50.3 Å². The lowest BCUT2D eigenvalue weighted by molar-refractivity contribution is 0.181. The fourth-order valence-electron chi connectivity index (χ4n) is 1.63. The number of likely N-dealkylation sites (N-methyl/N-ethyl adjacent to an activating group) is 1. The van der Waals surface area contributed by atoms with Crippen molar-refractivity contribution in [1.82, 2.24) is 15.3 Å². The summed E-state index contributed by atoms with van der Waals surface area (Å²) in [4.78, 5) is 10.6. The summed E-state index contributed by atoms with van der Waals surface area (Å²) in [5.41, 5.74) is 0.926. The summed E-state index contributed by atoms with van der Waals surface area (Å²) in [5, 5.41) is 3.23. The third kappa shape index (κ3) is 2.24. The van der Waals surface area contributed by atoms with Crippen LogP contribution in [0.15, 0.2) is 12.4 Å². The highest BCUT2D eigenvalue weighted by atomic mass is 16.5. The summed E-state index contributed by atoms with van der Waals surface area (Å²) < 4.78 is 5.04. The van der Waals surface area contributed by atoms with Crippen molar-refractivity contribution in [3.05, 3.63) is 18.1 Å². The van der Waals surface area contributed by atoms with E-state index in [-0.39, 0.29) is 0 Å². The van der Waals surface area contributed by atoms with Crippen molar-refractivity contribution in [2.24, 2.45) is 0 Å². The number of hydrogen-bond donors (Lipinski definition) is 1. The SMILES string of the molecule is CNC1CN(c2cc(COC)ncn2)C1. The molecule has 0 radical (unpaired) electrons. The minimum atomic E-state index is 0.540. The summed E-state index contributed by atoms with van der Waals surface area (Å²) in [5.74, 6) is 0.989. The first kappa shape index (κ1) is 10.3. The molecule has 1 aliphatic rings. The maximum Gasteiger partial charge on any atom is 0.132 e. The molecular formula is C10H16N4O. The smallest absolute Gasteiger partial charge is 0.132 e. The van der Waals surface area contributed by atoms with E-state index in [2.05, 4.69) is 20.2 Å². The van der Waals surface area contributed by atoms with Crippen molar-refractivity contribution in [2.45, 2.75) is 12.6 Å². The predicted octanol–water partition coefficient (Wildman–Crippen LogP) is 0.0310. The van der Waals surface area contributed by atoms with Gasteiger partial charge in [-0.25, -0.2) is 9.97 Å². The van der Waals surface area contributed by atoms with Crippen LogP contribution in [0, 0.1) is 0 Å². The van der Waals surface area contributed by atoms with Gasteiger partial charge in [-0.15, -0.1) is 0 Å². The standard InChI is InChI=1S/C10H16N4O/c1-11-9-4-14(5-9)10-3-8(6-15-2)12-7-13-10/h3,7,9,11H,4-6H2,1-2H3. The van der Waals surface area contributed by atoms with Gasteiger partial charge in [0.15, 0.2) is 0 Å². The third-order valence-electron chi connectivity index (χ3n) is 2.62. The Bertz CT molecular complexity index is 325. The number of methoxy groups -OCH3 is 1. The number of rotatable bonds is 4. The molecule has 1 aliphatic heterocycles. The van der Waals surface area contributed by atoms with E-state index in [1.54, 1.807) is 13.4 Å². The Morgan fingerprint density at radius 3 is 3.00 bits per heavy atom. The zero-order valence-corrected chi connectivity index (χ0v) is 9.10. The molecule has 0 saturated carbocycles. The van der Waals surface area contributed by atoms with Crippen LogP contribution in [0.5, 0.6) is 0 Å². The summed E-state index contributed by atoms with van der Waals surface area (Å²) in [7, 11) is 3.65.